The van der Waals surface area contributed by atoms with Crippen LogP contribution < -0.4 is 0 Å². The quantitative estimate of drug-likeness (QED) is 0.573. The molecule has 0 aliphatic heterocycles. The van der Waals surface area contributed by atoms with Crippen molar-refractivity contribution in [2.45, 2.75) is 58.8 Å². The molecule has 0 aromatic carbocycles. The zero-order valence-corrected chi connectivity index (χ0v) is 10.1. The van der Waals surface area contributed by atoms with Gasteiger partial charge >= 0.3 is 0 Å². The molecule has 1 aliphatic carbocycles. The molecular weight excluding hydrogens is 170 g/mol. The minimum Gasteiger partial charge on any atom is -0.303 e. The average molecular weight is 197 g/mol. The Bertz CT molecular complexity index is 129. The molecule has 0 spiro atoms. The summed E-state index contributed by atoms with van der Waals surface area (Å²) in [4.78, 5) is 2.67. The van der Waals surface area contributed by atoms with E-state index in [1.165, 1.54) is 64.6 Å². The van der Waals surface area contributed by atoms with Gasteiger partial charge in [0.2, 0.25) is 0 Å². The molecule has 0 radical (unpaired) electrons. The normalized spacial score (nSPS) is 17.4. The first-order valence-corrected chi connectivity index (χ1v) is 6.59. The van der Waals surface area contributed by atoms with Crippen LogP contribution in [0.1, 0.15) is 58.8 Å². The molecule has 1 fully saturated rings. The third kappa shape index (κ3) is 4.45. The summed E-state index contributed by atoms with van der Waals surface area (Å²) in [6.45, 7) is 8.58. The lowest BCUT2D eigenvalue weighted by Crippen LogP contribution is -2.29. The molecule has 0 saturated heterocycles. The number of nitrogens with zero attached hydrogens (tertiary/aromatic N) is 1. The lowest BCUT2D eigenvalue weighted by molar-refractivity contribution is 0.211. The lowest BCUT2D eigenvalue weighted by atomic mass is 9.83. The molecule has 14 heavy (non-hydrogen) atoms. The van der Waals surface area contributed by atoms with Gasteiger partial charge in [-0.25, -0.2) is 0 Å². The topological polar surface area (TPSA) is 3.24 Å². The molecule has 1 heteroatoms. The number of rotatable bonds is 8. The van der Waals surface area contributed by atoms with Crippen LogP contribution in [-0.2, 0) is 0 Å². The van der Waals surface area contributed by atoms with Crippen molar-refractivity contribution in [3.8, 4) is 0 Å². The third-order valence-electron chi connectivity index (χ3n) is 3.45. The zero-order chi connectivity index (χ0) is 10.2. The van der Waals surface area contributed by atoms with Crippen molar-refractivity contribution in [3.63, 3.8) is 0 Å². The van der Waals surface area contributed by atoms with Gasteiger partial charge in [-0.3, -0.25) is 0 Å². The van der Waals surface area contributed by atoms with Crippen LogP contribution in [0, 0.1) is 5.92 Å². The molecule has 0 N–H and O–H groups in total. The Hall–Kier alpha value is -0.0400. The summed E-state index contributed by atoms with van der Waals surface area (Å²) in [6.07, 6.45) is 10.0. The molecule has 0 aromatic rings. The predicted molar refractivity (Wildman–Crippen MR) is 63.6 cm³/mol. The minimum absolute atomic E-state index is 1.08. The molecule has 1 aliphatic rings. The van der Waals surface area contributed by atoms with E-state index in [0.29, 0.717) is 0 Å². The number of unbranched alkanes of at least 4 members (excludes halogenated alkanes) is 1. The molecule has 1 saturated carbocycles. The van der Waals surface area contributed by atoms with Crippen molar-refractivity contribution in [1.82, 2.24) is 4.90 Å². The Morgan fingerprint density at radius 3 is 2.29 bits per heavy atom. The van der Waals surface area contributed by atoms with Gasteiger partial charge in [0.05, 0.1) is 0 Å². The van der Waals surface area contributed by atoms with Crippen molar-refractivity contribution < 1.29 is 0 Å². The van der Waals surface area contributed by atoms with Crippen molar-refractivity contribution in [1.29, 1.82) is 0 Å². The lowest BCUT2D eigenvalue weighted by Gasteiger charge is -2.29. The van der Waals surface area contributed by atoms with Gasteiger partial charge in [0.15, 0.2) is 0 Å². The van der Waals surface area contributed by atoms with E-state index in [9.17, 15) is 0 Å². The van der Waals surface area contributed by atoms with Crippen LogP contribution >= 0.6 is 0 Å². The summed E-state index contributed by atoms with van der Waals surface area (Å²) < 4.78 is 0. The minimum atomic E-state index is 1.08. The van der Waals surface area contributed by atoms with Crippen molar-refractivity contribution in [2.24, 2.45) is 5.92 Å². The summed E-state index contributed by atoms with van der Waals surface area (Å²) in [7, 11) is 0. The van der Waals surface area contributed by atoms with Gasteiger partial charge in [-0.1, -0.05) is 39.5 Å². The highest BCUT2D eigenvalue weighted by atomic mass is 15.1. The molecule has 0 amide bonds. The smallest absolute Gasteiger partial charge is 0.00161 e. The first kappa shape index (κ1) is 12.0. The van der Waals surface area contributed by atoms with Crippen molar-refractivity contribution in [3.05, 3.63) is 0 Å². The van der Waals surface area contributed by atoms with Crippen LogP contribution in [0.25, 0.3) is 0 Å². The molecule has 0 bridgehead atoms. The first-order chi connectivity index (χ1) is 6.86. The van der Waals surface area contributed by atoms with Gasteiger partial charge in [-0.15, -0.1) is 0 Å². The van der Waals surface area contributed by atoms with Crippen LogP contribution in [-0.4, -0.2) is 24.5 Å². The molecule has 84 valence electrons. The Balaban J connectivity index is 2.06. The number of hydrogen-bond donors (Lipinski definition) is 0. The first-order valence-electron chi connectivity index (χ1n) is 6.59. The molecule has 0 aromatic heterocycles. The largest absolute Gasteiger partial charge is 0.303 e. The Morgan fingerprint density at radius 1 is 1.00 bits per heavy atom. The van der Waals surface area contributed by atoms with Gasteiger partial charge in [-0.2, -0.15) is 0 Å². The van der Waals surface area contributed by atoms with Gasteiger partial charge in [0.25, 0.3) is 0 Å². The monoisotopic (exact) mass is 197 g/mol. The summed E-state index contributed by atoms with van der Waals surface area (Å²) in [5, 5.41) is 0. The van der Waals surface area contributed by atoms with E-state index in [1.54, 1.807) is 0 Å². The maximum atomic E-state index is 2.67. The van der Waals surface area contributed by atoms with E-state index in [4.69, 9.17) is 0 Å². The molecule has 0 atom stereocenters. The van der Waals surface area contributed by atoms with Crippen LogP contribution in [0.4, 0.5) is 0 Å². The maximum absolute atomic E-state index is 2.67. The zero-order valence-electron chi connectivity index (χ0n) is 10.1. The van der Waals surface area contributed by atoms with Crippen LogP contribution in [0.5, 0.6) is 0 Å². The summed E-state index contributed by atoms with van der Waals surface area (Å²) in [6, 6.07) is 0. The highest BCUT2D eigenvalue weighted by molar-refractivity contribution is 4.71. The van der Waals surface area contributed by atoms with Crippen molar-refractivity contribution in [2.75, 3.05) is 19.6 Å². The Morgan fingerprint density at radius 2 is 1.79 bits per heavy atom. The van der Waals surface area contributed by atoms with Gasteiger partial charge < -0.3 is 4.90 Å². The fourth-order valence-electron chi connectivity index (χ4n) is 2.18. The highest BCUT2D eigenvalue weighted by Gasteiger charge is 2.17. The van der Waals surface area contributed by atoms with Crippen molar-refractivity contribution >= 4 is 0 Å². The average Bonchev–Trinajstić information content (AvgIpc) is 2.11. The van der Waals surface area contributed by atoms with Crippen LogP contribution in [0.2, 0.25) is 0 Å². The predicted octanol–water partition coefficient (Wildman–Crippen LogP) is 3.69. The SMILES string of the molecule is CCCCN(CCC)CCC1CCC1. The summed E-state index contributed by atoms with van der Waals surface area (Å²) in [5.74, 6) is 1.08. The second kappa shape index (κ2) is 7.28. The van der Waals surface area contributed by atoms with E-state index in [-0.39, 0.29) is 0 Å². The molecule has 0 unspecified atom stereocenters. The highest BCUT2D eigenvalue weighted by Crippen LogP contribution is 2.29. The van der Waals surface area contributed by atoms with Gasteiger partial charge in [0, 0.05) is 0 Å². The molecule has 1 nitrogen and oxygen atoms in total. The molecular formula is C13H27N. The molecule has 0 heterocycles. The van der Waals surface area contributed by atoms with Gasteiger partial charge in [-0.05, 0) is 44.8 Å². The second-order valence-corrected chi connectivity index (χ2v) is 4.78. The van der Waals surface area contributed by atoms with E-state index in [2.05, 4.69) is 18.7 Å². The fraction of sp³-hybridized carbons (Fsp3) is 1.00. The van der Waals surface area contributed by atoms with E-state index >= 15 is 0 Å². The Kier molecular flexibility index (Phi) is 6.25. The maximum Gasteiger partial charge on any atom is -0.00161 e. The second-order valence-electron chi connectivity index (χ2n) is 4.78. The number of hydrogen-bond acceptors (Lipinski definition) is 1. The standard InChI is InChI=1S/C13H27N/c1-3-5-11-14(10-4-2)12-9-13-7-6-8-13/h13H,3-12H2,1-2H3. The van der Waals surface area contributed by atoms with E-state index in [0.717, 1.165) is 5.92 Å². The summed E-state index contributed by atoms with van der Waals surface area (Å²) in [5.41, 5.74) is 0. The van der Waals surface area contributed by atoms with E-state index < -0.39 is 0 Å². The van der Waals surface area contributed by atoms with Crippen LogP contribution in [0.15, 0.2) is 0 Å². The summed E-state index contributed by atoms with van der Waals surface area (Å²) >= 11 is 0. The van der Waals surface area contributed by atoms with Gasteiger partial charge in [0.1, 0.15) is 0 Å². The fourth-order valence-corrected chi connectivity index (χ4v) is 2.18. The third-order valence-corrected chi connectivity index (χ3v) is 3.45. The van der Waals surface area contributed by atoms with Crippen LogP contribution in [0.3, 0.4) is 0 Å². The van der Waals surface area contributed by atoms with E-state index in [1.807, 2.05) is 0 Å². The molecule has 1 rings (SSSR count). The Labute approximate surface area is 89.9 Å².